The second-order valence-electron chi connectivity index (χ2n) is 6.19. The SMILES string of the molecule is CC(C)n1ncc2cc(C(=O)Oc3cccc4ccccc34)cnc21. The highest BCUT2D eigenvalue weighted by molar-refractivity contribution is 5.97. The van der Waals surface area contributed by atoms with Gasteiger partial charge in [0.2, 0.25) is 0 Å². The Balaban J connectivity index is 1.68. The summed E-state index contributed by atoms with van der Waals surface area (Å²) in [6.07, 6.45) is 3.26. The fourth-order valence-electron chi connectivity index (χ4n) is 2.87. The predicted molar refractivity (Wildman–Crippen MR) is 96.8 cm³/mol. The first-order chi connectivity index (χ1) is 12.1. The number of benzene rings is 2. The lowest BCUT2D eigenvalue weighted by Crippen LogP contribution is -2.09. The molecule has 0 N–H and O–H groups in total. The third-order valence-corrected chi connectivity index (χ3v) is 4.11. The molecule has 5 nitrogen and oxygen atoms in total. The Morgan fingerprint density at radius 3 is 2.68 bits per heavy atom. The van der Waals surface area contributed by atoms with Gasteiger partial charge in [-0.2, -0.15) is 5.10 Å². The summed E-state index contributed by atoms with van der Waals surface area (Å²) in [5, 5.41) is 7.07. The van der Waals surface area contributed by atoms with Gasteiger partial charge in [-0.25, -0.2) is 14.5 Å². The lowest BCUT2D eigenvalue weighted by atomic mass is 10.1. The average molecular weight is 331 g/mol. The van der Waals surface area contributed by atoms with Crippen LogP contribution in [0.25, 0.3) is 21.8 Å². The van der Waals surface area contributed by atoms with Gasteiger partial charge >= 0.3 is 5.97 Å². The normalized spacial score (nSPS) is 11.3. The maximum absolute atomic E-state index is 12.6. The van der Waals surface area contributed by atoms with Crippen molar-refractivity contribution in [3.05, 3.63) is 66.5 Å². The molecule has 0 bridgehead atoms. The highest BCUT2D eigenvalue weighted by Gasteiger charge is 2.14. The predicted octanol–water partition coefficient (Wildman–Crippen LogP) is 4.38. The molecule has 0 saturated heterocycles. The first kappa shape index (κ1) is 15.3. The van der Waals surface area contributed by atoms with E-state index in [1.54, 1.807) is 18.3 Å². The van der Waals surface area contributed by atoms with Gasteiger partial charge in [0.1, 0.15) is 5.75 Å². The molecule has 5 heteroatoms. The molecule has 4 aromatic rings. The Hall–Kier alpha value is -3.21. The van der Waals surface area contributed by atoms with E-state index in [4.69, 9.17) is 4.74 Å². The van der Waals surface area contributed by atoms with Crippen LogP contribution in [0.3, 0.4) is 0 Å². The van der Waals surface area contributed by atoms with Crippen LogP contribution < -0.4 is 4.74 Å². The van der Waals surface area contributed by atoms with Gasteiger partial charge in [-0.05, 0) is 31.4 Å². The van der Waals surface area contributed by atoms with E-state index in [-0.39, 0.29) is 6.04 Å². The summed E-state index contributed by atoms with van der Waals surface area (Å²) in [4.78, 5) is 16.9. The van der Waals surface area contributed by atoms with Crippen molar-refractivity contribution in [3.63, 3.8) is 0 Å². The number of pyridine rings is 1. The molecular formula is C20H17N3O2. The highest BCUT2D eigenvalue weighted by Crippen LogP contribution is 2.26. The molecule has 0 unspecified atom stereocenters. The average Bonchev–Trinajstić information content (AvgIpc) is 3.05. The van der Waals surface area contributed by atoms with Crippen molar-refractivity contribution >= 4 is 27.8 Å². The summed E-state index contributed by atoms with van der Waals surface area (Å²) in [7, 11) is 0. The van der Waals surface area contributed by atoms with E-state index in [0.29, 0.717) is 11.3 Å². The van der Waals surface area contributed by atoms with E-state index in [1.165, 1.54) is 6.20 Å². The molecule has 0 aliphatic rings. The summed E-state index contributed by atoms with van der Waals surface area (Å²) < 4.78 is 7.44. The third kappa shape index (κ3) is 2.74. The zero-order valence-electron chi connectivity index (χ0n) is 14.0. The number of hydrogen-bond acceptors (Lipinski definition) is 4. The summed E-state index contributed by atoms with van der Waals surface area (Å²) in [5.74, 6) is 0.115. The van der Waals surface area contributed by atoms with Crippen molar-refractivity contribution in [1.82, 2.24) is 14.8 Å². The number of nitrogens with zero attached hydrogens (tertiary/aromatic N) is 3. The van der Waals surface area contributed by atoms with Gasteiger partial charge in [-0.3, -0.25) is 0 Å². The van der Waals surface area contributed by atoms with Crippen LogP contribution >= 0.6 is 0 Å². The number of carbonyl (C=O) groups is 1. The van der Waals surface area contributed by atoms with Crippen LogP contribution in [0.4, 0.5) is 0 Å². The summed E-state index contributed by atoms with van der Waals surface area (Å²) in [6, 6.07) is 15.4. The molecule has 0 radical (unpaired) electrons. The number of carbonyl (C=O) groups excluding carboxylic acids is 1. The molecule has 2 aromatic carbocycles. The molecule has 2 aromatic heterocycles. The number of aromatic nitrogens is 3. The first-order valence-corrected chi connectivity index (χ1v) is 8.16. The molecule has 124 valence electrons. The quantitative estimate of drug-likeness (QED) is 0.413. The van der Waals surface area contributed by atoms with Gasteiger partial charge < -0.3 is 4.74 Å². The molecule has 0 atom stereocenters. The molecule has 0 aliphatic carbocycles. The Morgan fingerprint density at radius 2 is 1.84 bits per heavy atom. The van der Waals surface area contributed by atoms with Crippen LogP contribution in [0, 0.1) is 0 Å². The van der Waals surface area contributed by atoms with E-state index in [2.05, 4.69) is 10.1 Å². The number of rotatable bonds is 3. The Labute approximate surface area is 144 Å². The Kier molecular flexibility index (Phi) is 3.69. The van der Waals surface area contributed by atoms with Crippen LogP contribution in [-0.4, -0.2) is 20.7 Å². The fraction of sp³-hybridized carbons (Fsp3) is 0.150. The van der Waals surface area contributed by atoms with Crippen molar-refractivity contribution in [3.8, 4) is 5.75 Å². The summed E-state index contributed by atoms with van der Waals surface area (Å²) >= 11 is 0. The molecule has 0 spiro atoms. The van der Waals surface area contributed by atoms with Gasteiger partial charge in [0.05, 0.1) is 11.8 Å². The monoisotopic (exact) mass is 331 g/mol. The highest BCUT2D eigenvalue weighted by atomic mass is 16.5. The molecule has 2 heterocycles. The Morgan fingerprint density at radius 1 is 1.04 bits per heavy atom. The minimum atomic E-state index is -0.428. The van der Waals surface area contributed by atoms with Crippen molar-refractivity contribution in [1.29, 1.82) is 0 Å². The molecule has 0 saturated carbocycles. The number of esters is 1. The first-order valence-electron chi connectivity index (χ1n) is 8.16. The van der Waals surface area contributed by atoms with E-state index in [9.17, 15) is 4.79 Å². The maximum Gasteiger partial charge on any atom is 0.345 e. The van der Waals surface area contributed by atoms with Crippen LogP contribution in [0.5, 0.6) is 5.75 Å². The van der Waals surface area contributed by atoms with Gasteiger partial charge in [-0.1, -0.05) is 36.4 Å². The molecular weight excluding hydrogens is 314 g/mol. The van der Waals surface area contributed by atoms with Gasteiger partial charge in [-0.15, -0.1) is 0 Å². The second-order valence-corrected chi connectivity index (χ2v) is 6.19. The van der Waals surface area contributed by atoms with Crippen LogP contribution in [-0.2, 0) is 0 Å². The number of hydrogen-bond donors (Lipinski definition) is 0. The molecule has 25 heavy (non-hydrogen) atoms. The lowest BCUT2D eigenvalue weighted by Gasteiger charge is -2.08. The van der Waals surface area contributed by atoms with Crippen molar-refractivity contribution in [2.75, 3.05) is 0 Å². The van der Waals surface area contributed by atoms with Crippen molar-refractivity contribution in [2.24, 2.45) is 0 Å². The fourth-order valence-corrected chi connectivity index (χ4v) is 2.87. The standard InChI is InChI=1S/C20H17N3O2/c1-13(2)23-19-15(12-22-23)10-16(11-21-19)20(24)25-18-9-5-7-14-6-3-4-8-17(14)18/h3-13H,1-2H3. The maximum atomic E-state index is 12.6. The van der Waals surface area contributed by atoms with Gasteiger partial charge in [0.25, 0.3) is 0 Å². The van der Waals surface area contributed by atoms with Crippen LogP contribution in [0.2, 0.25) is 0 Å². The Bertz CT molecular complexity index is 1080. The minimum Gasteiger partial charge on any atom is -0.422 e. The van der Waals surface area contributed by atoms with E-state index < -0.39 is 5.97 Å². The van der Waals surface area contributed by atoms with Crippen LogP contribution in [0.15, 0.2) is 60.9 Å². The van der Waals surface area contributed by atoms with Crippen molar-refractivity contribution < 1.29 is 9.53 Å². The smallest absolute Gasteiger partial charge is 0.345 e. The second kappa shape index (κ2) is 6.02. The summed E-state index contributed by atoms with van der Waals surface area (Å²) in [5.41, 5.74) is 1.17. The summed E-state index contributed by atoms with van der Waals surface area (Å²) in [6.45, 7) is 4.08. The topological polar surface area (TPSA) is 57.0 Å². The minimum absolute atomic E-state index is 0.207. The van der Waals surface area contributed by atoms with Crippen molar-refractivity contribution in [2.45, 2.75) is 19.9 Å². The van der Waals surface area contributed by atoms with Gasteiger partial charge in [0.15, 0.2) is 5.65 Å². The third-order valence-electron chi connectivity index (χ3n) is 4.11. The zero-order chi connectivity index (χ0) is 17.4. The largest absolute Gasteiger partial charge is 0.422 e. The molecule has 0 fully saturated rings. The number of fused-ring (bicyclic) bond motifs is 2. The molecule has 0 amide bonds. The van der Waals surface area contributed by atoms with E-state index >= 15 is 0 Å². The zero-order valence-corrected chi connectivity index (χ0v) is 14.0. The molecule has 0 aliphatic heterocycles. The number of ether oxygens (including phenoxy) is 1. The van der Waals surface area contributed by atoms with Gasteiger partial charge in [0, 0.05) is 23.0 Å². The molecule has 4 rings (SSSR count). The van der Waals surface area contributed by atoms with Crippen LogP contribution in [0.1, 0.15) is 30.2 Å². The van der Waals surface area contributed by atoms with E-state index in [0.717, 1.165) is 21.8 Å². The van der Waals surface area contributed by atoms with E-state index in [1.807, 2.05) is 54.9 Å². The lowest BCUT2D eigenvalue weighted by molar-refractivity contribution is 0.0737.